The average Bonchev–Trinajstić information content (AvgIpc) is 3.18. The van der Waals surface area contributed by atoms with Gasteiger partial charge in [0.25, 0.3) is 0 Å². The van der Waals surface area contributed by atoms with Crippen LogP contribution in [-0.4, -0.2) is 31.0 Å². The van der Waals surface area contributed by atoms with Gasteiger partial charge in [-0.15, -0.1) is 0 Å². The summed E-state index contributed by atoms with van der Waals surface area (Å²) in [6, 6.07) is 14.9. The lowest BCUT2D eigenvalue weighted by atomic mass is 9.79. The van der Waals surface area contributed by atoms with Crippen LogP contribution in [0.25, 0.3) is 10.8 Å². The third-order valence-electron chi connectivity index (χ3n) is 6.09. The van der Waals surface area contributed by atoms with E-state index < -0.39 is 23.3 Å². The molecule has 0 radical (unpaired) electrons. The summed E-state index contributed by atoms with van der Waals surface area (Å²) in [7, 11) is 0. The van der Waals surface area contributed by atoms with Crippen LogP contribution in [0.1, 0.15) is 32.8 Å². The van der Waals surface area contributed by atoms with Crippen LogP contribution in [0.2, 0.25) is 10.0 Å². The minimum Gasteiger partial charge on any atom is -0.444 e. The molecule has 1 saturated heterocycles. The molecular formula is C26H25Cl2F3N2O2. The molecule has 0 bridgehead atoms. The minimum absolute atomic E-state index is 0.0645. The highest BCUT2D eigenvalue weighted by molar-refractivity contribution is 6.34. The van der Waals surface area contributed by atoms with Gasteiger partial charge in [0.15, 0.2) is 0 Å². The zero-order valence-electron chi connectivity index (χ0n) is 19.5. The SMILES string of the molecule is CC(C)(C)OC(=O)Nc1cccc2cc(N3CCC(c4cc(Cl)cc(Cl)c4)(C(F)(F)F)C3)ccc12. The predicted molar refractivity (Wildman–Crippen MR) is 135 cm³/mol. The highest BCUT2D eigenvalue weighted by atomic mass is 35.5. The third-order valence-corrected chi connectivity index (χ3v) is 6.53. The molecule has 0 saturated carbocycles. The maximum absolute atomic E-state index is 14.4. The number of anilines is 2. The number of hydrogen-bond donors (Lipinski definition) is 1. The number of nitrogens with zero attached hydrogens (tertiary/aromatic N) is 1. The first-order valence-corrected chi connectivity index (χ1v) is 11.8. The molecular weight excluding hydrogens is 500 g/mol. The van der Waals surface area contributed by atoms with Crippen LogP contribution in [0.4, 0.5) is 29.3 Å². The van der Waals surface area contributed by atoms with Gasteiger partial charge < -0.3 is 9.64 Å². The zero-order valence-corrected chi connectivity index (χ0v) is 21.0. The molecule has 1 fully saturated rings. The van der Waals surface area contributed by atoms with E-state index in [1.54, 1.807) is 49.9 Å². The number of alkyl halides is 3. The quantitative estimate of drug-likeness (QED) is 0.375. The van der Waals surface area contributed by atoms with E-state index in [1.807, 2.05) is 12.1 Å². The van der Waals surface area contributed by atoms with E-state index in [0.717, 1.165) is 10.8 Å². The smallest absolute Gasteiger partial charge is 0.412 e. The van der Waals surface area contributed by atoms with Crippen molar-refractivity contribution in [2.75, 3.05) is 23.3 Å². The molecule has 0 aliphatic carbocycles. The van der Waals surface area contributed by atoms with Gasteiger partial charge in [0.05, 0.1) is 5.69 Å². The van der Waals surface area contributed by atoms with Crippen LogP contribution < -0.4 is 10.2 Å². The van der Waals surface area contributed by atoms with E-state index in [4.69, 9.17) is 27.9 Å². The molecule has 1 aliphatic heterocycles. The van der Waals surface area contributed by atoms with E-state index >= 15 is 0 Å². The topological polar surface area (TPSA) is 41.6 Å². The Hall–Kier alpha value is -2.64. The fourth-order valence-corrected chi connectivity index (χ4v) is 5.01. The summed E-state index contributed by atoms with van der Waals surface area (Å²) >= 11 is 12.1. The lowest BCUT2D eigenvalue weighted by molar-refractivity contribution is -0.184. The molecule has 1 heterocycles. The number of fused-ring (bicyclic) bond motifs is 1. The molecule has 0 spiro atoms. The van der Waals surface area contributed by atoms with Crippen LogP contribution in [-0.2, 0) is 10.2 Å². The molecule has 35 heavy (non-hydrogen) atoms. The predicted octanol–water partition coefficient (Wildman–Crippen LogP) is 8.20. The van der Waals surface area contributed by atoms with Gasteiger partial charge in [-0.3, -0.25) is 5.32 Å². The molecule has 4 nitrogen and oxygen atoms in total. The Morgan fingerprint density at radius 3 is 2.34 bits per heavy atom. The summed E-state index contributed by atoms with van der Waals surface area (Å²) in [4.78, 5) is 13.9. The molecule has 1 aliphatic rings. The Bertz CT molecular complexity index is 1250. The normalized spacial score (nSPS) is 18.7. The van der Waals surface area contributed by atoms with Crippen LogP contribution in [0.15, 0.2) is 54.6 Å². The van der Waals surface area contributed by atoms with E-state index in [1.165, 1.54) is 18.2 Å². The van der Waals surface area contributed by atoms with Crippen LogP contribution in [0.3, 0.4) is 0 Å². The molecule has 3 aromatic rings. The first-order valence-electron chi connectivity index (χ1n) is 11.1. The molecule has 3 aromatic carbocycles. The van der Waals surface area contributed by atoms with Gasteiger partial charge in [-0.2, -0.15) is 13.2 Å². The van der Waals surface area contributed by atoms with Gasteiger partial charge in [-0.25, -0.2) is 4.79 Å². The molecule has 1 atom stereocenters. The molecule has 1 unspecified atom stereocenters. The summed E-state index contributed by atoms with van der Waals surface area (Å²) in [5, 5.41) is 4.63. The Kier molecular flexibility index (Phi) is 6.62. The van der Waals surface area contributed by atoms with Gasteiger partial charge in [0.2, 0.25) is 0 Å². The molecule has 0 aromatic heterocycles. The van der Waals surface area contributed by atoms with E-state index in [9.17, 15) is 18.0 Å². The number of benzene rings is 3. The second kappa shape index (κ2) is 9.10. The molecule has 1 amide bonds. The zero-order chi connectivity index (χ0) is 25.6. The largest absolute Gasteiger partial charge is 0.444 e. The number of halogens is 5. The first kappa shape index (κ1) is 25.5. The molecule has 9 heteroatoms. The lowest BCUT2D eigenvalue weighted by Crippen LogP contribution is -2.44. The average molecular weight is 525 g/mol. The highest BCUT2D eigenvalue weighted by Gasteiger charge is 2.59. The fourth-order valence-electron chi connectivity index (χ4n) is 4.48. The van der Waals surface area contributed by atoms with Crippen molar-refractivity contribution in [2.24, 2.45) is 0 Å². The van der Waals surface area contributed by atoms with E-state index in [2.05, 4.69) is 5.32 Å². The summed E-state index contributed by atoms with van der Waals surface area (Å²) in [5.41, 5.74) is -1.45. The van der Waals surface area contributed by atoms with Crippen molar-refractivity contribution in [3.63, 3.8) is 0 Å². The number of carbonyl (C=O) groups excluding carboxylic acids is 1. The van der Waals surface area contributed by atoms with Gasteiger partial charge in [0, 0.05) is 34.2 Å². The van der Waals surface area contributed by atoms with Gasteiger partial charge >= 0.3 is 12.3 Å². The van der Waals surface area contributed by atoms with Gasteiger partial charge in [-0.1, -0.05) is 41.4 Å². The van der Waals surface area contributed by atoms with Crippen LogP contribution >= 0.6 is 23.2 Å². The monoisotopic (exact) mass is 524 g/mol. The number of hydrogen-bond acceptors (Lipinski definition) is 3. The van der Waals surface area contributed by atoms with Crippen molar-refractivity contribution >= 4 is 51.4 Å². The fraction of sp³-hybridized carbons (Fsp3) is 0.346. The second-order valence-corrected chi connectivity index (χ2v) is 10.6. The Labute approximate surface area is 212 Å². The summed E-state index contributed by atoms with van der Waals surface area (Å²) < 4.78 is 48.6. The van der Waals surface area contributed by atoms with E-state index in [0.29, 0.717) is 11.4 Å². The van der Waals surface area contributed by atoms with Crippen LogP contribution in [0, 0.1) is 0 Å². The Morgan fingerprint density at radius 2 is 1.71 bits per heavy atom. The second-order valence-electron chi connectivity index (χ2n) is 9.75. The molecule has 4 rings (SSSR count). The maximum atomic E-state index is 14.4. The Balaban J connectivity index is 1.64. The number of carbonyl (C=O) groups is 1. The van der Waals surface area contributed by atoms with Crippen LogP contribution in [0.5, 0.6) is 0 Å². The third kappa shape index (κ3) is 5.31. The number of ether oxygens (including phenoxy) is 1. The highest BCUT2D eigenvalue weighted by Crippen LogP contribution is 2.49. The summed E-state index contributed by atoms with van der Waals surface area (Å²) in [6.07, 6.45) is -5.19. The number of amides is 1. The standard InChI is InChI=1S/C26H25Cl2F3N2O2/c1-24(2,3)35-23(34)32-22-6-4-5-16-11-20(7-8-21(16)22)33-10-9-25(15-33,26(29,30)31)17-12-18(27)14-19(28)13-17/h4-8,11-14H,9-10,15H2,1-3H3,(H,32,34). The molecule has 1 N–H and O–H groups in total. The van der Waals surface area contributed by atoms with Crippen molar-refractivity contribution in [3.8, 4) is 0 Å². The van der Waals surface area contributed by atoms with Crippen molar-refractivity contribution in [1.82, 2.24) is 0 Å². The minimum atomic E-state index is -4.49. The lowest BCUT2D eigenvalue weighted by Gasteiger charge is -2.33. The van der Waals surface area contributed by atoms with Gasteiger partial charge in [0.1, 0.15) is 11.0 Å². The molecule has 186 valence electrons. The summed E-state index contributed by atoms with van der Waals surface area (Å²) in [6.45, 7) is 5.28. The van der Waals surface area contributed by atoms with Crippen molar-refractivity contribution in [3.05, 3.63) is 70.2 Å². The van der Waals surface area contributed by atoms with Crippen molar-refractivity contribution in [2.45, 2.75) is 44.4 Å². The maximum Gasteiger partial charge on any atom is 0.412 e. The number of nitrogens with one attached hydrogen (secondary N) is 1. The van der Waals surface area contributed by atoms with Crippen molar-refractivity contribution in [1.29, 1.82) is 0 Å². The van der Waals surface area contributed by atoms with Gasteiger partial charge in [-0.05, 0) is 74.5 Å². The summed E-state index contributed by atoms with van der Waals surface area (Å²) in [5.74, 6) is 0. The first-order chi connectivity index (χ1) is 16.3. The van der Waals surface area contributed by atoms with E-state index in [-0.39, 0.29) is 35.1 Å². The van der Waals surface area contributed by atoms with Crippen molar-refractivity contribution < 1.29 is 22.7 Å². The number of rotatable bonds is 3. The Morgan fingerprint density at radius 1 is 1.03 bits per heavy atom.